The van der Waals surface area contributed by atoms with Gasteiger partial charge >= 0.3 is 0 Å². The number of hydrogen-bond acceptors (Lipinski definition) is 2. The number of furan rings is 1. The lowest BCUT2D eigenvalue weighted by molar-refractivity contribution is 0.0962. The minimum atomic E-state index is 0.199. The molecule has 0 radical (unpaired) electrons. The Morgan fingerprint density at radius 3 is 2.50 bits per heavy atom. The van der Waals surface area contributed by atoms with Crippen molar-refractivity contribution < 1.29 is 9.21 Å². The van der Waals surface area contributed by atoms with Crippen LogP contribution in [0.3, 0.4) is 0 Å². The van der Waals surface area contributed by atoms with Crippen LogP contribution in [0.5, 0.6) is 0 Å². The lowest BCUT2D eigenvalue weighted by atomic mass is 9.82. The number of hydrogen-bond donors (Lipinski definition) is 0. The molecule has 0 fully saturated rings. The van der Waals surface area contributed by atoms with Crippen molar-refractivity contribution in [2.24, 2.45) is 0 Å². The highest BCUT2D eigenvalue weighted by Crippen LogP contribution is 2.37. The van der Waals surface area contributed by atoms with Gasteiger partial charge in [0.1, 0.15) is 11.3 Å². The SMILES string of the molecule is O=C1CC(c2ccccc2)Cc2oc3ccccc3c21. The minimum Gasteiger partial charge on any atom is -0.460 e. The second-order valence-corrected chi connectivity index (χ2v) is 5.34. The first-order valence-corrected chi connectivity index (χ1v) is 6.91. The quantitative estimate of drug-likeness (QED) is 0.652. The predicted octanol–water partition coefficient (Wildman–Crippen LogP) is 4.35. The summed E-state index contributed by atoms with van der Waals surface area (Å²) in [4.78, 5) is 12.5. The smallest absolute Gasteiger partial charge is 0.167 e. The molecule has 0 amide bonds. The van der Waals surface area contributed by atoms with E-state index in [2.05, 4.69) is 12.1 Å². The summed E-state index contributed by atoms with van der Waals surface area (Å²) in [5.41, 5.74) is 2.83. The van der Waals surface area contributed by atoms with E-state index in [-0.39, 0.29) is 11.7 Å². The maximum atomic E-state index is 12.5. The molecule has 0 saturated heterocycles. The number of carbonyl (C=O) groups excluding carboxylic acids is 1. The second kappa shape index (κ2) is 4.34. The average Bonchev–Trinajstić information content (AvgIpc) is 2.87. The molecule has 0 N–H and O–H groups in total. The van der Waals surface area contributed by atoms with Crippen LogP contribution in [0.1, 0.15) is 34.0 Å². The van der Waals surface area contributed by atoms with Gasteiger partial charge in [0.25, 0.3) is 0 Å². The first-order chi connectivity index (χ1) is 9.83. The van der Waals surface area contributed by atoms with Crippen molar-refractivity contribution >= 4 is 16.8 Å². The molecule has 2 aromatic carbocycles. The first kappa shape index (κ1) is 11.5. The zero-order valence-electron chi connectivity index (χ0n) is 11.0. The third-order valence-corrected chi connectivity index (χ3v) is 4.08. The summed E-state index contributed by atoms with van der Waals surface area (Å²) in [7, 11) is 0. The van der Waals surface area contributed by atoms with Gasteiger partial charge in [0.05, 0.1) is 5.56 Å². The molecule has 0 spiro atoms. The monoisotopic (exact) mass is 262 g/mol. The van der Waals surface area contributed by atoms with Gasteiger partial charge in [-0.05, 0) is 17.5 Å². The van der Waals surface area contributed by atoms with Crippen LogP contribution in [0.15, 0.2) is 59.0 Å². The molecular weight excluding hydrogens is 248 g/mol. The molecule has 1 aromatic heterocycles. The van der Waals surface area contributed by atoms with E-state index in [9.17, 15) is 4.79 Å². The number of para-hydroxylation sites is 1. The normalized spacial score (nSPS) is 18.2. The Morgan fingerprint density at radius 1 is 0.900 bits per heavy atom. The van der Waals surface area contributed by atoms with Crippen LogP contribution in [0.4, 0.5) is 0 Å². The fourth-order valence-corrected chi connectivity index (χ4v) is 3.13. The van der Waals surface area contributed by atoms with Gasteiger partial charge in [-0.25, -0.2) is 0 Å². The number of benzene rings is 2. The zero-order chi connectivity index (χ0) is 13.5. The molecule has 2 heteroatoms. The fraction of sp³-hybridized carbons (Fsp3) is 0.167. The molecule has 1 aliphatic rings. The van der Waals surface area contributed by atoms with E-state index in [1.807, 2.05) is 42.5 Å². The van der Waals surface area contributed by atoms with Crippen molar-refractivity contribution in [2.75, 3.05) is 0 Å². The molecule has 0 bridgehead atoms. The van der Waals surface area contributed by atoms with E-state index in [1.165, 1.54) is 5.56 Å². The number of rotatable bonds is 1. The fourth-order valence-electron chi connectivity index (χ4n) is 3.13. The lowest BCUT2D eigenvalue weighted by Gasteiger charge is -2.20. The Labute approximate surface area is 117 Å². The maximum Gasteiger partial charge on any atom is 0.167 e. The van der Waals surface area contributed by atoms with Gasteiger partial charge in [-0.1, -0.05) is 48.5 Å². The molecule has 1 aliphatic carbocycles. The van der Waals surface area contributed by atoms with Gasteiger partial charge in [0.2, 0.25) is 0 Å². The zero-order valence-corrected chi connectivity index (χ0v) is 11.0. The lowest BCUT2D eigenvalue weighted by Crippen LogP contribution is -2.17. The Morgan fingerprint density at radius 2 is 1.65 bits per heavy atom. The van der Waals surface area contributed by atoms with Crippen LogP contribution in [-0.4, -0.2) is 5.78 Å². The summed E-state index contributed by atoms with van der Waals surface area (Å²) in [6.45, 7) is 0. The van der Waals surface area contributed by atoms with E-state index < -0.39 is 0 Å². The molecule has 3 aromatic rings. The van der Waals surface area contributed by atoms with Crippen molar-refractivity contribution in [1.82, 2.24) is 0 Å². The Bertz CT molecular complexity index is 784. The van der Waals surface area contributed by atoms with Crippen molar-refractivity contribution in [1.29, 1.82) is 0 Å². The number of carbonyl (C=O) groups is 1. The van der Waals surface area contributed by atoms with E-state index in [0.717, 1.165) is 28.7 Å². The van der Waals surface area contributed by atoms with Gasteiger partial charge < -0.3 is 4.42 Å². The first-order valence-electron chi connectivity index (χ1n) is 6.91. The third-order valence-electron chi connectivity index (χ3n) is 4.08. The van der Waals surface area contributed by atoms with Crippen molar-refractivity contribution in [2.45, 2.75) is 18.8 Å². The van der Waals surface area contributed by atoms with Crippen molar-refractivity contribution in [3.8, 4) is 0 Å². The topological polar surface area (TPSA) is 30.2 Å². The standard InChI is InChI=1S/C18H14O2/c19-15-10-13(12-6-2-1-3-7-12)11-17-18(15)14-8-4-5-9-16(14)20-17/h1-9,13H,10-11H2. The van der Waals surface area contributed by atoms with Crippen molar-refractivity contribution in [3.05, 3.63) is 71.5 Å². The number of Topliss-reactive ketones (excluding diaryl/α,β-unsaturated/α-hetero) is 1. The highest BCUT2D eigenvalue weighted by atomic mass is 16.3. The molecule has 98 valence electrons. The summed E-state index contributed by atoms with van der Waals surface area (Å²) in [5, 5.41) is 0.957. The summed E-state index contributed by atoms with van der Waals surface area (Å²) >= 11 is 0. The van der Waals surface area contributed by atoms with E-state index >= 15 is 0 Å². The van der Waals surface area contributed by atoms with E-state index in [0.29, 0.717) is 6.42 Å². The Kier molecular flexibility index (Phi) is 2.49. The van der Waals surface area contributed by atoms with Gasteiger partial charge in [-0.15, -0.1) is 0 Å². The highest BCUT2D eigenvalue weighted by Gasteiger charge is 2.30. The highest BCUT2D eigenvalue weighted by molar-refractivity contribution is 6.09. The van der Waals surface area contributed by atoms with Gasteiger partial charge in [0, 0.05) is 18.2 Å². The largest absolute Gasteiger partial charge is 0.460 e. The summed E-state index contributed by atoms with van der Waals surface area (Å²) in [5.74, 6) is 1.28. The van der Waals surface area contributed by atoms with Crippen LogP contribution in [0.2, 0.25) is 0 Å². The molecule has 1 unspecified atom stereocenters. The van der Waals surface area contributed by atoms with E-state index in [1.54, 1.807) is 0 Å². The van der Waals surface area contributed by atoms with Crippen LogP contribution in [0, 0.1) is 0 Å². The molecule has 1 atom stereocenters. The molecule has 20 heavy (non-hydrogen) atoms. The molecule has 1 heterocycles. The number of fused-ring (bicyclic) bond motifs is 3. The van der Waals surface area contributed by atoms with Gasteiger partial charge in [-0.2, -0.15) is 0 Å². The molecule has 0 saturated carbocycles. The summed E-state index contributed by atoms with van der Waals surface area (Å²) in [6, 6.07) is 18.0. The Hall–Kier alpha value is -2.35. The number of ketones is 1. The van der Waals surface area contributed by atoms with E-state index in [4.69, 9.17) is 4.42 Å². The van der Waals surface area contributed by atoms with Gasteiger partial charge in [0.15, 0.2) is 5.78 Å². The van der Waals surface area contributed by atoms with Crippen LogP contribution < -0.4 is 0 Å². The summed E-state index contributed by atoms with van der Waals surface area (Å²) < 4.78 is 5.89. The van der Waals surface area contributed by atoms with Crippen LogP contribution >= 0.6 is 0 Å². The Balaban J connectivity index is 1.82. The van der Waals surface area contributed by atoms with Crippen molar-refractivity contribution in [3.63, 3.8) is 0 Å². The average molecular weight is 262 g/mol. The second-order valence-electron chi connectivity index (χ2n) is 5.34. The van der Waals surface area contributed by atoms with Crippen LogP contribution in [-0.2, 0) is 6.42 Å². The predicted molar refractivity (Wildman–Crippen MR) is 78.0 cm³/mol. The van der Waals surface area contributed by atoms with Gasteiger partial charge in [-0.3, -0.25) is 4.79 Å². The maximum absolute atomic E-state index is 12.5. The summed E-state index contributed by atoms with van der Waals surface area (Å²) in [6.07, 6.45) is 1.38. The molecule has 0 aliphatic heterocycles. The molecular formula is C18H14O2. The molecule has 2 nitrogen and oxygen atoms in total. The third kappa shape index (κ3) is 1.68. The van der Waals surface area contributed by atoms with Crippen LogP contribution in [0.25, 0.3) is 11.0 Å². The molecule has 4 rings (SSSR count). The minimum absolute atomic E-state index is 0.199.